The van der Waals surface area contributed by atoms with E-state index >= 15 is 0 Å². The van der Waals surface area contributed by atoms with E-state index in [1.165, 1.54) is 29.5 Å². The van der Waals surface area contributed by atoms with E-state index in [2.05, 4.69) is 25.0 Å². The number of aryl methyl sites for hydroxylation is 1. The summed E-state index contributed by atoms with van der Waals surface area (Å²) in [6.07, 6.45) is -4.77. The predicted molar refractivity (Wildman–Crippen MR) is 132 cm³/mol. The standard InChI is InChI=1S/C25H18F3N5O2S/c1-13-9-19-20(31-23(30-19)16-3-2-4-17(10-16)35-25(26,27)28)11-18(13)32-24-33-21(12-36-24)14-5-7-15(8-6-14)22(29)34/h2-12H,1H3,(H2,29,34)(H,30,31)(H,32,33). The van der Waals surface area contributed by atoms with Crippen molar-refractivity contribution < 1.29 is 22.7 Å². The minimum Gasteiger partial charge on any atom is -0.406 e. The second-order valence-corrected chi connectivity index (χ2v) is 8.81. The van der Waals surface area contributed by atoms with Gasteiger partial charge in [-0.05, 0) is 48.9 Å². The molecule has 0 spiro atoms. The quantitative estimate of drug-likeness (QED) is 0.246. The summed E-state index contributed by atoms with van der Waals surface area (Å²) in [5.41, 5.74) is 10.9. The number of fused-ring (bicyclic) bond motifs is 1. The largest absolute Gasteiger partial charge is 0.573 e. The van der Waals surface area contributed by atoms with Gasteiger partial charge in [0.05, 0.1) is 16.7 Å². The third kappa shape index (κ3) is 5.01. The summed E-state index contributed by atoms with van der Waals surface area (Å²) in [6.45, 7) is 1.92. The number of imidazole rings is 1. The molecule has 0 saturated carbocycles. The van der Waals surface area contributed by atoms with E-state index in [0.29, 0.717) is 33.1 Å². The lowest BCUT2D eigenvalue weighted by Crippen LogP contribution is -2.17. The van der Waals surface area contributed by atoms with Crippen LogP contribution in [0.25, 0.3) is 33.7 Å². The number of halogens is 3. The third-order valence-electron chi connectivity index (χ3n) is 5.38. The summed E-state index contributed by atoms with van der Waals surface area (Å²) in [5, 5.41) is 5.88. The smallest absolute Gasteiger partial charge is 0.406 e. The molecule has 0 aliphatic carbocycles. The predicted octanol–water partition coefficient (Wildman–Crippen LogP) is 6.40. The van der Waals surface area contributed by atoms with Crippen LogP contribution in [0.4, 0.5) is 24.0 Å². The number of carbonyl (C=O) groups is 1. The number of alkyl halides is 3. The zero-order chi connectivity index (χ0) is 25.4. The molecule has 0 bridgehead atoms. The van der Waals surface area contributed by atoms with Gasteiger partial charge in [0.15, 0.2) is 5.13 Å². The van der Waals surface area contributed by atoms with Gasteiger partial charge in [-0.3, -0.25) is 4.79 Å². The number of nitrogens with one attached hydrogen (secondary N) is 2. The molecule has 4 N–H and O–H groups in total. The van der Waals surface area contributed by atoms with Crippen LogP contribution in [0, 0.1) is 6.92 Å². The van der Waals surface area contributed by atoms with E-state index in [0.717, 1.165) is 22.5 Å². The number of carbonyl (C=O) groups excluding carboxylic acids is 1. The molecular formula is C25H18F3N5O2S. The van der Waals surface area contributed by atoms with Crippen molar-refractivity contribution >= 4 is 39.1 Å². The average molecular weight is 510 g/mol. The monoisotopic (exact) mass is 509 g/mol. The van der Waals surface area contributed by atoms with Gasteiger partial charge in [-0.2, -0.15) is 0 Å². The van der Waals surface area contributed by atoms with Crippen molar-refractivity contribution in [2.75, 3.05) is 5.32 Å². The van der Waals surface area contributed by atoms with Gasteiger partial charge in [-0.1, -0.05) is 24.3 Å². The zero-order valence-corrected chi connectivity index (χ0v) is 19.5. The van der Waals surface area contributed by atoms with Crippen molar-refractivity contribution in [1.29, 1.82) is 0 Å². The van der Waals surface area contributed by atoms with Gasteiger partial charge >= 0.3 is 6.36 Å². The number of nitrogens with two attached hydrogens (primary N) is 1. The van der Waals surface area contributed by atoms with Crippen LogP contribution in [0.15, 0.2) is 66.0 Å². The van der Waals surface area contributed by atoms with Gasteiger partial charge in [-0.25, -0.2) is 9.97 Å². The van der Waals surface area contributed by atoms with E-state index in [9.17, 15) is 18.0 Å². The van der Waals surface area contributed by atoms with Crippen molar-refractivity contribution in [3.8, 4) is 28.4 Å². The van der Waals surface area contributed by atoms with Gasteiger partial charge in [0, 0.05) is 27.8 Å². The Hall–Kier alpha value is -4.38. The van der Waals surface area contributed by atoms with Gasteiger partial charge in [0.1, 0.15) is 11.6 Å². The normalized spacial score (nSPS) is 11.6. The van der Waals surface area contributed by atoms with Gasteiger partial charge in [-0.15, -0.1) is 24.5 Å². The summed E-state index contributed by atoms with van der Waals surface area (Å²) in [6, 6.07) is 16.3. The second-order valence-electron chi connectivity index (χ2n) is 7.95. The van der Waals surface area contributed by atoms with E-state index in [4.69, 9.17) is 5.73 Å². The van der Waals surface area contributed by atoms with Crippen LogP contribution in [-0.4, -0.2) is 27.2 Å². The fourth-order valence-electron chi connectivity index (χ4n) is 3.66. The van der Waals surface area contributed by atoms with Crippen LogP contribution >= 0.6 is 11.3 Å². The highest BCUT2D eigenvalue weighted by molar-refractivity contribution is 7.14. The molecular weight excluding hydrogens is 491 g/mol. The zero-order valence-electron chi connectivity index (χ0n) is 18.7. The molecule has 0 fully saturated rings. The Bertz CT molecular complexity index is 1580. The molecule has 5 aromatic rings. The van der Waals surface area contributed by atoms with Crippen molar-refractivity contribution in [3.63, 3.8) is 0 Å². The topological polar surface area (TPSA) is 106 Å². The lowest BCUT2D eigenvalue weighted by Gasteiger charge is -2.09. The van der Waals surface area contributed by atoms with E-state index in [-0.39, 0.29) is 5.75 Å². The van der Waals surface area contributed by atoms with Crippen LogP contribution in [0.1, 0.15) is 15.9 Å². The third-order valence-corrected chi connectivity index (χ3v) is 6.14. The SMILES string of the molecule is Cc1cc2nc(-c3cccc(OC(F)(F)F)c3)[nH]c2cc1Nc1nc(-c2ccc(C(N)=O)cc2)cs1. The first-order chi connectivity index (χ1) is 17.1. The molecule has 36 heavy (non-hydrogen) atoms. The average Bonchev–Trinajstić information content (AvgIpc) is 3.45. The molecule has 182 valence electrons. The number of aromatic nitrogens is 3. The van der Waals surface area contributed by atoms with E-state index in [1.807, 2.05) is 24.4 Å². The molecule has 7 nitrogen and oxygen atoms in total. The number of hydrogen-bond donors (Lipinski definition) is 3. The minimum atomic E-state index is -4.77. The van der Waals surface area contributed by atoms with Gasteiger partial charge in [0.2, 0.25) is 5.91 Å². The molecule has 2 heterocycles. The highest BCUT2D eigenvalue weighted by Crippen LogP contribution is 2.32. The van der Waals surface area contributed by atoms with Crippen LogP contribution in [0.5, 0.6) is 5.75 Å². The molecule has 0 aliphatic heterocycles. The number of rotatable bonds is 6. The number of benzene rings is 3. The number of H-pyrrole nitrogens is 1. The molecule has 3 aromatic carbocycles. The number of primary amides is 1. The Kier molecular flexibility index (Phi) is 5.84. The molecule has 1 amide bonds. The Morgan fingerprint density at radius 3 is 2.56 bits per heavy atom. The van der Waals surface area contributed by atoms with Crippen molar-refractivity contribution in [3.05, 3.63) is 77.2 Å². The number of ether oxygens (including phenoxy) is 1. The number of amides is 1. The fourth-order valence-corrected chi connectivity index (χ4v) is 4.39. The second kappa shape index (κ2) is 9.00. The lowest BCUT2D eigenvalue weighted by atomic mass is 10.1. The minimum absolute atomic E-state index is 0.317. The maximum absolute atomic E-state index is 12.6. The van der Waals surface area contributed by atoms with E-state index in [1.54, 1.807) is 30.3 Å². The van der Waals surface area contributed by atoms with Crippen LogP contribution in [-0.2, 0) is 0 Å². The number of anilines is 2. The Balaban J connectivity index is 1.39. The first-order valence-corrected chi connectivity index (χ1v) is 11.5. The van der Waals surface area contributed by atoms with Crippen LogP contribution in [0.3, 0.4) is 0 Å². The molecule has 0 aliphatic rings. The summed E-state index contributed by atoms with van der Waals surface area (Å²) < 4.78 is 41.8. The first-order valence-electron chi connectivity index (χ1n) is 10.6. The number of hydrogen-bond acceptors (Lipinski definition) is 6. The van der Waals surface area contributed by atoms with Crippen molar-refractivity contribution in [2.24, 2.45) is 5.73 Å². The number of nitrogens with zero attached hydrogens (tertiary/aromatic N) is 2. The van der Waals surface area contributed by atoms with E-state index < -0.39 is 12.3 Å². The summed E-state index contributed by atoms with van der Waals surface area (Å²) in [4.78, 5) is 23.6. The maximum atomic E-state index is 12.6. The molecule has 0 radical (unpaired) electrons. The van der Waals surface area contributed by atoms with Gasteiger partial charge < -0.3 is 20.8 Å². The lowest BCUT2D eigenvalue weighted by molar-refractivity contribution is -0.274. The van der Waals surface area contributed by atoms with Crippen molar-refractivity contribution in [2.45, 2.75) is 13.3 Å². The number of aromatic amines is 1. The molecule has 0 atom stereocenters. The maximum Gasteiger partial charge on any atom is 0.573 e. The van der Waals surface area contributed by atoms with Crippen LogP contribution in [0.2, 0.25) is 0 Å². The highest BCUT2D eigenvalue weighted by atomic mass is 32.1. The van der Waals surface area contributed by atoms with Crippen LogP contribution < -0.4 is 15.8 Å². The van der Waals surface area contributed by atoms with Gasteiger partial charge in [0.25, 0.3) is 0 Å². The highest BCUT2D eigenvalue weighted by Gasteiger charge is 2.31. The summed E-state index contributed by atoms with van der Waals surface area (Å²) in [7, 11) is 0. The Labute approximate surface area is 206 Å². The summed E-state index contributed by atoms with van der Waals surface area (Å²) in [5.74, 6) is -0.384. The molecule has 0 saturated heterocycles. The molecule has 0 unspecified atom stereocenters. The van der Waals surface area contributed by atoms with Crippen molar-refractivity contribution in [1.82, 2.24) is 15.0 Å². The molecule has 5 rings (SSSR count). The molecule has 11 heteroatoms. The number of thiazole rings is 1. The summed E-state index contributed by atoms with van der Waals surface area (Å²) >= 11 is 1.43. The Morgan fingerprint density at radius 2 is 1.83 bits per heavy atom. The molecule has 2 aromatic heterocycles. The fraction of sp³-hybridized carbons (Fsp3) is 0.0800. The Morgan fingerprint density at radius 1 is 1.06 bits per heavy atom. The first kappa shape index (κ1) is 23.4.